The van der Waals surface area contributed by atoms with Gasteiger partial charge in [0, 0.05) is 105 Å². The van der Waals surface area contributed by atoms with Crippen molar-refractivity contribution in [1.29, 1.82) is 0 Å². The van der Waals surface area contributed by atoms with Crippen LogP contribution in [0.4, 0.5) is 0 Å². The Bertz CT molecular complexity index is 3610. The van der Waals surface area contributed by atoms with Gasteiger partial charge in [-0.2, -0.15) is 0 Å². The quantitative estimate of drug-likeness (QED) is 0.142. The molecule has 0 aliphatic carbocycles. The first-order valence-corrected chi connectivity index (χ1v) is 25.3. The number of rotatable bonds is 8. The first-order chi connectivity index (χ1) is 37.3. The minimum absolute atomic E-state index is 0. The minimum atomic E-state index is 0. The van der Waals surface area contributed by atoms with Gasteiger partial charge in [-0.1, -0.05) is 168 Å². The van der Waals surface area contributed by atoms with Crippen LogP contribution in [0.1, 0.15) is 22.3 Å². The van der Waals surface area contributed by atoms with Crippen molar-refractivity contribution in [2.45, 2.75) is 27.7 Å². The fourth-order valence-corrected chi connectivity index (χ4v) is 8.40. The Kier molecular flexibility index (Phi) is 26.2. The van der Waals surface area contributed by atoms with Crippen molar-refractivity contribution in [1.82, 2.24) is 19.9 Å². The van der Waals surface area contributed by atoms with E-state index >= 15 is 0 Å². The molecule has 0 spiro atoms. The predicted octanol–water partition coefficient (Wildman–Crippen LogP) is 18.1. The zero-order valence-electron chi connectivity index (χ0n) is 44.5. The molecule has 0 saturated carbocycles. The van der Waals surface area contributed by atoms with Crippen LogP contribution in [-0.2, 0) is 80.4 Å². The second-order valence-electron chi connectivity index (χ2n) is 18.3. The van der Waals surface area contributed by atoms with E-state index in [2.05, 4.69) is 229 Å². The maximum atomic E-state index is 4.45. The van der Waals surface area contributed by atoms with Crippen molar-refractivity contribution >= 4 is 0 Å². The summed E-state index contributed by atoms with van der Waals surface area (Å²) in [5.74, 6) is 0. The van der Waals surface area contributed by atoms with Crippen LogP contribution in [0.25, 0.3) is 89.5 Å². The summed E-state index contributed by atoms with van der Waals surface area (Å²) in [6.45, 7) is 8.29. The van der Waals surface area contributed by atoms with E-state index in [-0.39, 0.29) is 80.4 Å². The van der Waals surface area contributed by atoms with Crippen molar-refractivity contribution in [2.75, 3.05) is 0 Å². The van der Waals surface area contributed by atoms with Crippen LogP contribution >= 0.6 is 0 Å². The van der Waals surface area contributed by atoms with Crippen LogP contribution < -0.4 is 0 Å². The Morgan fingerprint density at radius 1 is 0.263 bits per heavy atom. The maximum Gasteiger partial charge on any atom is 0.0190 e. The fraction of sp³-hybridized carbons (Fsp3) is 0.0556. The Hall–Kier alpha value is -7.04. The smallest absolute Gasteiger partial charge is 0.0190 e. The van der Waals surface area contributed by atoms with Gasteiger partial charge in [0.25, 0.3) is 0 Å². The molecule has 0 unspecified atom stereocenters. The SMILES string of the molecule is Cc1ccc(-c2[c-]ccc(-c3ccccc3)c2)nc1.Cc1ccc(-c2cc[c-]c(-c3ccccn3)c2)cc1.Cc1cccnc1-c1[c-]ccc(-c2ccccc2)c1.Cc1ccnc(-c2[c-]ccc(-c3ccccc3)c2)c1.[Ir].[Ir].[Ir].[Ir]. The van der Waals surface area contributed by atoms with E-state index in [9.17, 15) is 0 Å². The van der Waals surface area contributed by atoms with Gasteiger partial charge in [-0.3, -0.25) is 0 Å². The molecule has 4 nitrogen and oxygen atoms in total. The molecule has 0 N–H and O–H groups in total. The summed E-state index contributed by atoms with van der Waals surface area (Å²) in [6.07, 6.45) is 7.36. The molecule has 4 aromatic heterocycles. The van der Waals surface area contributed by atoms with E-state index in [1.807, 2.05) is 111 Å². The summed E-state index contributed by atoms with van der Waals surface area (Å²) in [4.78, 5) is 17.7. The zero-order valence-corrected chi connectivity index (χ0v) is 54.1. The molecule has 0 fully saturated rings. The van der Waals surface area contributed by atoms with Gasteiger partial charge >= 0.3 is 0 Å². The van der Waals surface area contributed by atoms with Crippen LogP contribution in [0, 0.1) is 52.0 Å². The molecule has 80 heavy (non-hydrogen) atoms. The number of aromatic nitrogens is 4. The zero-order chi connectivity index (χ0) is 52.3. The van der Waals surface area contributed by atoms with Crippen LogP contribution in [0.3, 0.4) is 0 Å². The van der Waals surface area contributed by atoms with Gasteiger partial charge in [-0.15, -0.1) is 142 Å². The third-order valence-corrected chi connectivity index (χ3v) is 12.5. The van der Waals surface area contributed by atoms with Gasteiger partial charge in [0.05, 0.1) is 0 Å². The normalized spacial score (nSPS) is 9.85. The summed E-state index contributed by atoms with van der Waals surface area (Å²) in [5, 5.41) is 0. The van der Waals surface area contributed by atoms with Gasteiger partial charge in [0.2, 0.25) is 0 Å². The Labute approximate surface area is 526 Å². The predicted molar refractivity (Wildman–Crippen MR) is 315 cm³/mol. The standard InChI is InChI=1S/4C18H14N.4Ir/c1-14-8-10-15(11-9-14)16-5-4-6-17(13-16)18-7-2-3-12-19-18;1-14-7-6-12-19-18(14)17-11-5-10-16(13-17)15-8-3-2-4-9-15;1-14-10-11-18(19-13-14)17-9-5-8-16(12-17)15-6-3-2-4-7-15;1-14-10-11-19-18(12-14)17-9-5-8-16(13-17)15-6-3-2-4-7-15;;;;/h2-5,7-13H,1H3;2-10,12-13H,1H3;2*2-8,10-13H,1H3;;;;/q4*-1;;;;. The Morgan fingerprint density at radius 3 is 1.12 bits per heavy atom. The van der Waals surface area contributed by atoms with E-state index in [1.54, 1.807) is 0 Å². The summed E-state index contributed by atoms with van der Waals surface area (Å²) in [6, 6.07) is 95.5. The third kappa shape index (κ3) is 18.2. The molecule has 8 aromatic carbocycles. The molecule has 12 aromatic rings. The number of hydrogen-bond donors (Lipinski definition) is 0. The van der Waals surface area contributed by atoms with Crippen LogP contribution in [0.15, 0.2) is 267 Å². The van der Waals surface area contributed by atoms with Gasteiger partial charge < -0.3 is 19.9 Å². The Balaban J connectivity index is 0.000000193. The number of benzene rings is 8. The summed E-state index contributed by atoms with van der Waals surface area (Å²) in [7, 11) is 0. The first-order valence-electron chi connectivity index (χ1n) is 25.3. The van der Waals surface area contributed by atoms with Gasteiger partial charge in [0.1, 0.15) is 0 Å². The minimum Gasteiger partial charge on any atom is -0.305 e. The molecule has 4 heterocycles. The monoisotopic (exact) mass is 1750 g/mol. The average molecular weight is 1750 g/mol. The molecule has 0 saturated heterocycles. The molecular weight excluding hydrogens is 1690 g/mol. The topological polar surface area (TPSA) is 51.6 Å². The fourth-order valence-electron chi connectivity index (χ4n) is 8.40. The maximum absolute atomic E-state index is 4.45. The van der Waals surface area contributed by atoms with Crippen molar-refractivity contribution in [3.63, 3.8) is 0 Å². The second kappa shape index (κ2) is 32.9. The molecule has 0 aliphatic heterocycles. The van der Waals surface area contributed by atoms with Crippen molar-refractivity contribution in [2.24, 2.45) is 0 Å². The number of nitrogens with zero attached hydrogens (tertiary/aromatic N) is 4. The molecule has 0 bridgehead atoms. The summed E-state index contributed by atoms with van der Waals surface area (Å²) < 4.78 is 0. The number of aryl methyl sites for hydroxylation is 4. The molecule has 8 heteroatoms. The molecular formula is C72H56Ir4N4-4. The van der Waals surface area contributed by atoms with Crippen LogP contribution in [-0.4, -0.2) is 19.9 Å². The van der Waals surface area contributed by atoms with Gasteiger partial charge in [-0.25, -0.2) is 0 Å². The number of pyridine rings is 4. The molecule has 0 amide bonds. The Morgan fingerprint density at radius 2 is 0.675 bits per heavy atom. The van der Waals surface area contributed by atoms with Gasteiger partial charge in [-0.05, 0) is 96.5 Å². The van der Waals surface area contributed by atoms with E-state index in [1.165, 1.54) is 66.8 Å². The molecule has 4 radical (unpaired) electrons. The van der Waals surface area contributed by atoms with Crippen molar-refractivity contribution < 1.29 is 80.4 Å². The molecule has 0 aliphatic rings. The van der Waals surface area contributed by atoms with Gasteiger partial charge in [0.15, 0.2) is 0 Å². The van der Waals surface area contributed by atoms with Crippen LogP contribution in [0.5, 0.6) is 0 Å². The number of hydrogen-bond acceptors (Lipinski definition) is 4. The summed E-state index contributed by atoms with van der Waals surface area (Å²) in [5.41, 5.74) is 22.5. The van der Waals surface area contributed by atoms with E-state index in [4.69, 9.17) is 0 Å². The first kappa shape index (κ1) is 63.8. The second-order valence-corrected chi connectivity index (χ2v) is 18.3. The molecule has 404 valence electrons. The van der Waals surface area contributed by atoms with Crippen LogP contribution in [0.2, 0.25) is 0 Å². The molecule has 12 rings (SSSR count). The third-order valence-electron chi connectivity index (χ3n) is 12.5. The van der Waals surface area contributed by atoms with E-state index in [0.29, 0.717) is 0 Å². The van der Waals surface area contributed by atoms with Crippen molar-refractivity contribution in [3.05, 3.63) is 314 Å². The largest absolute Gasteiger partial charge is 0.305 e. The summed E-state index contributed by atoms with van der Waals surface area (Å²) >= 11 is 0. The average Bonchev–Trinajstić information content (AvgIpc) is 3.51. The van der Waals surface area contributed by atoms with Crippen molar-refractivity contribution in [3.8, 4) is 89.5 Å². The van der Waals surface area contributed by atoms with E-state index in [0.717, 1.165) is 45.0 Å². The molecule has 0 atom stereocenters. The van der Waals surface area contributed by atoms with E-state index < -0.39 is 0 Å².